The third-order valence-electron chi connectivity index (χ3n) is 2.50. The van der Waals surface area contributed by atoms with Crippen molar-refractivity contribution in [3.63, 3.8) is 0 Å². The molecule has 0 unspecified atom stereocenters. The van der Waals surface area contributed by atoms with E-state index in [1.807, 2.05) is 6.92 Å². The van der Waals surface area contributed by atoms with Crippen LogP contribution in [0.1, 0.15) is 38.1 Å². The zero-order valence-electron chi connectivity index (χ0n) is 14.3. The molecule has 0 saturated carbocycles. The first kappa shape index (κ1) is 20.4. The highest BCUT2D eigenvalue weighted by Gasteiger charge is 2.19. The molecule has 0 radical (unpaired) electrons. The van der Waals surface area contributed by atoms with Gasteiger partial charge in [0, 0.05) is 4.90 Å². The van der Waals surface area contributed by atoms with Crippen molar-refractivity contribution in [2.24, 2.45) is 0 Å². The topological polar surface area (TPSA) is 88.7 Å². The highest BCUT2D eigenvalue weighted by atomic mass is 35.5. The van der Waals surface area contributed by atoms with Crippen LogP contribution in [0.3, 0.4) is 0 Å². The number of anilines is 1. The van der Waals surface area contributed by atoms with E-state index in [4.69, 9.17) is 21.2 Å². The van der Waals surface area contributed by atoms with Crippen molar-refractivity contribution < 1.29 is 19.2 Å². The molecule has 0 aliphatic carbocycles. The van der Waals surface area contributed by atoms with Gasteiger partial charge in [0.2, 0.25) is 0 Å². The van der Waals surface area contributed by atoms with Crippen LogP contribution in [0.25, 0.3) is 0 Å². The number of rotatable bonds is 5. The number of carbonyl (C=O) groups is 2. The number of amides is 2. The summed E-state index contributed by atoms with van der Waals surface area (Å²) in [6.07, 6.45) is -0.746. The van der Waals surface area contributed by atoms with E-state index >= 15 is 0 Å². The highest BCUT2D eigenvalue weighted by molar-refractivity contribution is 7.99. The maximum absolute atomic E-state index is 12.3. The molecule has 0 heterocycles. The van der Waals surface area contributed by atoms with E-state index in [-0.39, 0.29) is 0 Å². The van der Waals surface area contributed by atoms with Crippen LogP contribution < -0.4 is 16.3 Å². The van der Waals surface area contributed by atoms with Gasteiger partial charge in [-0.3, -0.25) is 20.5 Å². The fourth-order valence-electron chi connectivity index (χ4n) is 1.67. The van der Waals surface area contributed by atoms with E-state index in [2.05, 4.69) is 16.3 Å². The molecule has 2 amide bonds. The van der Waals surface area contributed by atoms with Crippen LogP contribution in [0, 0.1) is 0 Å². The first-order valence-corrected chi connectivity index (χ1v) is 8.59. The number of thioether (sulfide) groups is 1. The summed E-state index contributed by atoms with van der Waals surface area (Å²) in [4.78, 5) is 29.5. The van der Waals surface area contributed by atoms with Crippen LogP contribution in [0.15, 0.2) is 17.0 Å². The molecule has 1 aromatic carbocycles. The Labute approximate surface area is 150 Å². The molecule has 0 bridgehead atoms. The number of hydrogen-bond acceptors (Lipinski definition) is 6. The van der Waals surface area contributed by atoms with E-state index < -0.39 is 17.6 Å². The van der Waals surface area contributed by atoms with Gasteiger partial charge in [0.15, 0.2) is 0 Å². The fraction of sp³-hybridized carbons (Fsp3) is 0.467. The first-order chi connectivity index (χ1) is 11.2. The molecule has 0 atom stereocenters. The van der Waals surface area contributed by atoms with Gasteiger partial charge in [0.25, 0.3) is 5.91 Å². The average Bonchev–Trinajstić information content (AvgIpc) is 2.46. The molecule has 9 heteroatoms. The standard InChI is InChI=1S/C15H22ClN3O4S/c1-6-24-12-8-11(19-22-5)10(16)7-9(12)13(20)17-18-14(21)23-15(2,3)4/h7-8,19H,6H2,1-5H3,(H,17,20)(H,18,21). The molecule has 7 nitrogen and oxygen atoms in total. The minimum Gasteiger partial charge on any atom is -0.443 e. The Bertz CT molecular complexity index is 605. The number of carbonyl (C=O) groups excluding carboxylic acids is 2. The SMILES string of the molecule is CCSc1cc(NOC)c(Cl)cc1C(=O)NNC(=O)OC(C)(C)C. The zero-order chi connectivity index (χ0) is 18.3. The normalized spacial score (nSPS) is 10.9. The Balaban J connectivity index is 2.89. The van der Waals surface area contributed by atoms with Gasteiger partial charge in [-0.15, -0.1) is 11.8 Å². The number of benzene rings is 1. The van der Waals surface area contributed by atoms with E-state index in [0.29, 0.717) is 21.2 Å². The van der Waals surface area contributed by atoms with E-state index in [9.17, 15) is 9.59 Å². The lowest BCUT2D eigenvalue weighted by molar-refractivity contribution is 0.0483. The molecule has 134 valence electrons. The van der Waals surface area contributed by atoms with Crippen molar-refractivity contribution in [3.8, 4) is 0 Å². The van der Waals surface area contributed by atoms with Crippen LogP contribution in [0.5, 0.6) is 0 Å². The van der Waals surface area contributed by atoms with Crippen molar-refractivity contribution in [3.05, 3.63) is 22.7 Å². The summed E-state index contributed by atoms with van der Waals surface area (Å²) in [7, 11) is 1.47. The van der Waals surface area contributed by atoms with Crippen molar-refractivity contribution in [2.45, 2.75) is 38.2 Å². The predicted molar refractivity (Wildman–Crippen MR) is 95.3 cm³/mol. The summed E-state index contributed by atoms with van der Waals surface area (Å²) in [5.74, 6) is 0.260. The highest BCUT2D eigenvalue weighted by Crippen LogP contribution is 2.32. The maximum Gasteiger partial charge on any atom is 0.426 e. The molecule has 24 heavy (non-hydrogen) atoms. The summed E-state index contributed by atoms with van der Waals surface area (Å²) in [6, 6.07) is 3.22. The Hall–Kier alpha value is -1.64. The predicted octanol–water partition coefficient (Wildman–Crippen LogP) is 3.59. The van der Waals surface area contributed by atoms with Gasteiger partial charge in [0.05, 0.1) is 23.4 Å². The first-order valence-electron chi connectivity index (χ1n) is 7.22. The Morgan fingerprint density at radius 3 is 2.46 bits per heavy atom. The van der Waals surface area contributed by atoms with Crippen molar-refractivity contribution >= 4 is 41.1 Å². The maximum atomic E-state index is 12.3. The third kappa shape index (κ3) is 6.46. The molecule has 1 rings (SSSR count). The summed E-state index contributed by atoms with van der Waals surface area (Å²) < 4.78 is 5.05. The van der Waals surface area contributed by atoms with Crippen molar-refractivity contribution in [1.82, 2.24) is 10.9 Å². The fourth-order valence-corrected chi connectivity index (χ4v) is 2.69. The van der Waals surface area contributed by atoms with Crippen LogP contribution in [-0.2, 0) is 9.57 Å². The number of hydrogen-bond donors (Lipinski definition) is 3. The molecule has 0 saturated heterocycles. The molecule has 1 aromatic rings. The zero-order valence-corrected chi connectivity index (χ0v) is 15.9. The summed E-state index contributed by atoms with van der Waals surface area (Å²) in [5.41, 5.74) is 7.40. The van der Waals surface area contributed by atoms with Gasteiger partial charge in [-0.05, 0) is 38.7 Å². The summed E-state index contributed by atoms with van der Waals surface area (Å²) >= 11 is 7.59. The molecule has 0 aliphatic heterocycles. The van der Waals surface area contributed by atoms with Gasteiger partial charge in [-0.1, -0.05) is 18.5 Å². The molecule has 3 N–H and O–H groups in total. The van der Waals surface area contributed by atoms with E-state index in [1.165, 1.54) is 24.9 Å². The number of ether oxygens (including phenoxy) is 1. The van der Waals surface area contributed by atoms with Crippen LogP contribution in [-0.4, -0.2) is 30.5 Å². The number of halogens is 1. The number of nitrogens with one attached hydrogen (secondary N) is 3. The lowest BCUT2D eigenvalue weighted by Crippen LogP contribution is -2.44. The Morgan fingerprint density at radius 2 is 1.92 bits per heavy atom. The summed E-state index contributed by atoms with van der Waals surface area (Å²) in [5, 5.41) is 0.319. The minimum atomic E-state index is -0.746. The van der Waals surface area contributed by atoms with Crippen LogP contribution in [0.2, 0.25) is 5.02 Å². The van der Waals surface area contributed by atoms with Gasteiger partial charge < -0.3 is 4.74 Å². The van der Waals surface area contributed by atoms with Gasteiger partial charge in [-0.25, -0.2) is 10.2 Å². The minimum absolute atomic E-state index is 0.319. The number of hydrazine groups is 1. The van der Waals surface area contributed by atoms with Gasteiger partial charge in [0.1, 0.15) is 5.60 Å². The quantitative estimate of drug-likeness (QED) is 0.538. The van der Waals surface area contributed by atoms with Gasteiger partial charge >= 0.3 is 6.09 Å². The molecule has 0 aliphatic rings. The van der Waals surface area contributed by atoms with E-state index in [0.717, 1.165) is 5.75 Å². The van der Waals surface area contributed by atoms with Crippen molar-refractivity contribution in [2.75, 3.05) is 18.3 Å². The van der Waals surface area contributed by atoms with E-state index in [1.54, 1.807) is 26.8 Å². The average molecular weight is 376 g/mol. The Kier molecular flexibility index (Phi) is 7.65. The summed E-state index contributed by atoms with van der Waals surface area (Å²) in [6.45, 7) is 7.15. The second-order valence-corrected chi connectivity index (χ2v) is 7.36. The lowest BCUT2D eigenvalue weighted by atomic mass is 10.2. The molecule has 0 fully saturated rings. The van der Waals surface area contributed by atoms with Crippen LogP contribution >= 0.6 is 23.4 Å². The monoisotopic (exact) mass is 375 g/mol. The smallest absolute Gasteiger partial charge is 0.426 e. The second-order valence-electron chi connectivity index (χ2n) is 5.65. The third-order valence-corrected chi connectivity index (χ3v) is 3.75. The molecule has 0 spiro atoms. The largest absolute Gasteiger partial charge is 0.443 e. The second kappa shape index (κ2) is 9.00. The molecule has 0 aromatic heterocycles. The molecular weight excluding hydrogens is 354 g/mol. The molecular formula is C15H22ClN3O4S. The Morgan fingerprint density at radius 1 is 1.25 bits per heavy atom. The van der Waals surface area contributed by atoms with Crippen LogP contribution in [0.4, 0.5) is 10.5 Å². The van der Waals surface area contributed by atoms with Gasteiger partial charge in [-0.2, -0.15) is 0 Å². The van der Waals surface area contributed by atoms with Crippen molar-refractivity contribution in [1.29, 1.82) is 0 Å². The lowest BCUT2D eigenvalue weighted by Gasteiger charge is -2.20.